The smallest absolute Gasteiger partial charge is 0.139 e. The molecule has 0 aliphatic carbocycles. The van der Waals surface area contributed by atoms with Crippen LogP contribution in [0.4, 0.5) is 0 Å². The molecular formula is C18H18N6. The third kappa shape index (κ3) is 3.12. The van der Waals surface area contributed by atoms with E-state index in [4.69, 9.17) is 0 Å². The standard InChI is InChI=1S/C18H18N6/c1-3-16(14-24-8-2-5-21-24)13-17(4-1)18-20-7-10-23(18)12-11-22-9-6-19-15-22/h1-10,13,15H,11-12,14H2. The number of aryl methyl sites for hydroxylation is 2. The Morgan fingerprint density at radius 1 is 0.917 bits per heavy atom. The first-order chi connectivity index (χ1) is 11.9. The molecule has 4 rings (SSSR count). The summed E-state index contributed by atoms with van der Waals surface area (Å²) in [5.74, 6) is 0.984. The van der Waals surface area contributed by atoms with E-state index in [-0.39, 0.29) is 0 Å². The normalized spacial score (nSPS) is 11.0. The molecule has 3 heterocycles. The highest BCUT2D eigenvalue weighted by molar-refractivity contribution is 5.56. The summed E-state index contributed by atoms with van der Waals surface area (Å²) in [7, 11) is 0. The Balaban J connectivity index is 1.54. The van der Waals surface area contributed by atoms with Gasteiger partial charge in [0.2, 0.25) is 0 Å². The SMILES string of the molecule is c1cc(Cn2cccn2)cc(-c2nccn2CCn2ccnc2)c1. The van der Waals surface area contributed by atoms with Gasteiger partial charge in [0.1, 0.15) is 5.82 Å². The summed E-state index contributed by atoms with van der Waals surface area (Å²) in [6.07, 6.45) is 13.2. The minimum Gasteiger partial charge on any atom is -0.336 e. The van der Waals surface area contributed by atoms with Crippen molar-refractivity contribution in [1.82, 2.24) is 28.9 Å². The average Bonchev–Trinajstić information content (AvgIpc) is 3.35. The number of aromatic nitrogens is 6. The number of hydrogen-bond donors (Lipinski definition) is 0. The van der Waals surface area contributed by atoms with Gasteiger partial charge in [-0.2, -0.15) is 5.10 Å². The lowest BCUT2D eigenvalue weighted by Gasteiger charge is -2.10. The first kappa shape index (κ1) is 14.4. The zero-order valence-electron chi connectivity index (χ0n) is 13.2. The van der Waals surface area contributed by atoms with Crippen molar-refractivity contribution in [1.29, 1.82) is 0 Å². The van der Waals surface area contributed by atoms with Crippen molar-refractivity contribution >= 4 is 0 Å². The van der Waals surface area contributed by atoms with Gasteiger partial charge in [0.15, 0.2) is 0 Å². The fourth-order valence-electron chi connectivity index (χ4n) is 2.78. The second-order valence-electron chi connectivity index (χ2n) is 5.65. The highest BCUT2D eigenvalue weighted by Crippen LogP contribution is 2.19. The molecule has 120 valence electrons. The van der Waals surface area contributed by atoms with Gasteiger partial charge in [0.25, 0.3) is 0 Å². The molecule has 4 aromatic rings. The molecule has 0 unspecified atom stereocenters. The summed E-state index contributed by atoms with van der Waals surface area (Å²) in [6, 6.07) is 10.4. The van der Waals surface area contributed by atoms with Crippen LogP contribution in [0.3, 0.4) is 0 Å². The summed E-state index contributed by atoms with van der Waals surface area (Å²) >= 11 is 0. The Morgan fingerprint density at radius 3 is 2.75 bits per heavy atom. The van der Waals surface area contributed by atoms with Gasteiger partial charge in [-0.25, -0.2) is 9.97 Å². The topological polar surface area (TPSA) is 53.5 Å². The molecule has 0 N–H and O–H groups in total. The maximum Gasteiger partial charge on any atom is 0.139 e. The van der Waals surface area contributed by atoms with Crippen LogP contribution in [0.5, 0.6) is 0 Å². The van der Waals surface area contributed by atoms with Crippen molar-refractivity contribution in [3.05, 3.63) is 79.4 Å². The van der Waals surface area contributed by atoms with Crippen molar-refractivity contribution in [3.63, 3.8) is 0 Å². The van der Waals surface area contributed by atoms with E-state index in [0.29, 0.717) is 0 Å². The lowest BCUT2D eigenvalue weighted by atomic mass is 10.1. The predicted octanol–water partition coefficient (Wildman–Crippen LogP) is 2.69. The average molecular weight is 318 g/mol. The Morgan fingerprint density at radius 2 is 1.92 bits per heavy atom. The number of hydrogen-bond acceptors (Lipinski definition) is 3. The van der Waals surface area contributed by atoms with Gasteiger partial charge in [-0.1, -0.05) is 18.2 Å². The molecular weight excluding hydrogens is 300 g/mol. The molecule has 0 spiro atoms. The molecule has 0 aliphatic rings. The molecule has 3 aromatic heterocycles. The first-order valence-corrected chi connectivity index (χ1v) is 7.92. The van der Waals surface area contributed by atoms with Crippen LogP contribution in [0.2, 0.25) is 0 Å². The minimum atomic E-state index is 0.761. The Kier molecular flexibility index (Phi) is 3.93. The lowest BCUT2D eigenvalue weighted by Crippen LogP contribution is -2.07. The van der Waals surface area contributed by atoms with Crippen LogP contribution in [0, 0.1) is 0 Å². The maximum atomic E-state index is 4.54. The molecule has 0 fully saturated rings. The van der Waals surface area contributed by atoms with Gasteiger partial charge in [0.05, 0.1) is 12.9 Å². The first-order valence-electron chi connectivity index (χ1n) is 7.92. The van der Waals surface area contributed by atoms with E-state index < -0.39 is 0 Å². The summed E-state index contributed by atoms with van der Waals surface area (Å²) < 4.78 is 6.16. The summed E-state index contributed by atoms with van der Waals surface area (Å²) in [6.45, 7) is 2.49. The van der Waals surface area contributed by atoms with Crippen molar-refractivity contribution in [3.8, 4) is 11.4 Å². The Labute approximate surface area is 140 Å². The molecule has 0 amide bonds. The monoisotopic (exact) mass is 318 g/mol. The van der Waals surface area contributed by atoms with Gasteiger partial charge in [0, 0.05) is 55.8 Å². The molecule has 6 heteroatoms. The van der Waals surface area contributed by atoms with E-state index in [0.717, 1.165) is 31.0 Å². The van der Waals surface area contributed by atoms with Crippen LogP contribution >= 0.6 is 0 Å². The minimum absolute atomic E-state index is 0.761. The van der Waals surface area contributed by atoms with E-state index in [1.54, 1.807) is 12.4 Å². The Hall–Kier alpha value is -3.15. The highest BCUT2D eigenvalue weighted by atomic mass is 15.3. The highest BCUT2D eigenvalue weighted by Gasteiger charge is 2.07. The maximum absolute atomic E-state index is 4.54. The quantitative estimate of drug-likeness (QED) is 0.549. The van der Waals surface area contributed by atoms with E-state index in [1.165, 1.54) is 5.56 Å². The number of nitrogens with zero attached hydrogens (tertiary/aromatic N) is 6. The number of imidazole rings is 2. The van der Waals surface area contributed by atoms with Gasteiger partial charge >= 0.3 is 0 Å². The van der Waals surface area contributed by atoms with E-state index in [2.05, 4.69) is 48.5 Å². The van der Waals surface area contributed by atoms with Crippen LogP contribution in [-0.4, -0.2) is 28.9 Å². The van der Waals surface area contributed by atoms with Gasteiger partial charge in [-0.3, -0.25) is 4.68 Å². The Bertz CT molecular complexity index is 889. The molecule has 0 bridgehead atoms. The summed E-state index contributed by atoms with van der Waals surface area (Å²) in [5, 5.41) is 4.27. The van der Waals surface area contributed by atoms with Crippen LogP contribution < -0.4 is 0 Å². The van der Waals surface area contributed by atoms with Crippen LogP contribution in [0.15, 0.2) is 73.8 Å². The molecule has 0 saturated carbocycles. The summed E-state index contributed by atoms with van der Waals surface area (Å²) in [4.78, 5) is 8.62. The van der Waals surface area contributed by atoms with Crippen LogP contribution in [0.1, 0.15) is 5.56 Å². The van der Waals surface area contributed by atoms with Gasteiger partial charge in [-0.05, 0) is 17.7 Å². The fourth-order valence-corrected chi connectivity index (χ4v) is 2.78. The molecule has 6 nitrogen and oxygen atoms in total. The molecule has 0 radical (unpaired) electrons. The molecule has 0 atom stereocenters. The van der Waals surface area contributed by atoms with Crippen molar-refractivity contribution in [2.75, 3.05) is 0 Å². The largest absolute Gasteiger partial charge is 0.336 e. The lowest BCUT2D eigenvalue weighted by molar-refractivity contribution is 0.582. The molecule has 0 saturated heterocycles. The number of benzene rings is 1. The summed E-state index contributed by atoms with van der Waals surface area (Å²) in [5.41, 5.74) is 2.33. The van der Waals surface area contributed by atoms with E-state index in [9.17, 15) is 0 Å². The fraction of sp³-hybridized carbons (Fsp3) is 0.167. The molecule has 1 aromatic carbocycles. The third-order valence-electron chi connectivity index (χ3n) is 3.96. The molecule has 0 aliphatic heterocycles. The molecule has 24 heavy (non-hydrogen) atoms. The van der Waals surface area contributed by atoms with Crippen molar-refractivity contribution in [2.45, 2.75) is 19.6 Å². The van der Waals surface area contributed by atoms with Crippen molar-refractivity contribution < 1.29 is 0 Å². The zero-order valence-corrected chi connectivity index (χ0v) is 13.2. The van der Waals surface area contributed by atoms with Gasteiger partial charge < -0.3 is 9.13 Å². The van der Waals surface area contributed by atoms with Crippen LogP contribution in [-0.2, 0) is 19.6 Å². The number of rotatable bonds is 6. The zero-order chi connectivity index (χ0) is 16.2. The third-order valence-corrected chi connectivity index (χ3v) is 3.96. The second kappa shape index (κ2) is 6.54. The second-order valence-corrected chi connectivity index (χ2v) is 5.65. The van der Waals surface area contributed by atoms with Gasteiger partial charge in [-0.15, -0.1) is 0 Å². The van der Waals surface area contributed by atoms with E-state index in [1.807, 2.05) is 41.9 Å². The van der Waals surface area contributed by atoms with E-state index >= 15 is 0 Å². The van der Waals surface area contributed by atoms with Crippen molar-refractivity contribution in [2.24, 2.45) is 0 Å². The van der Waals surface area contributed by atoms with Crippen LogP contribution in [0.25, 0.3) is 11.4 Å². The predicted molar refractivity (Wildman–Crippen MR) is 91.2 cm³/mol.